The van der Waals surface area contributed by atoms with Crippen LogP contribution >= 0.6 is 15.9 Å². The Balaban J connectivity index is 1.83. The largest absolute Gasteiger partial charge is 0.479 e. The lowest BCUT2D eigenvalue weighted by molar-refractivity contribution is -0.271. The summed E-state index contributed by atoms with van der Waals surface area (Å²) in [6.45, 7) is 0. The summed E-state index contributed by atoms with van der Waals surface area (Å²) in [5.41, 5.74) is 0. The van der Waals surface area contributed by atoms with E-state index in [-0.39, 0.29) is 0 Å². The number of aliphatic hydroxyl groups excluding tert-OH is 3. The molecule has 0 aliphatic carbocycles. The number of rotatable bonds is 3. The van der Waals surface area contributed by atoms with E-state index in [9.17, 15) is 20.1 Å². The van der Waals surface area contributed by atoms with Crippen LogP contribution in [0.3, 0.4) is 0 Å². The van der Waals surface area contributed by atoms with Gasteiger partial charge in [0.15, 0.2) is 6.10 Å². The Morgan fingerprint density at radius 1 is 1.00 bits per heavy atom. The highest BCUT2D eigenvalue weighted by Gasteiger charge is 2.48. The third-order valence-electron chi connectivity index (χ3n) is 3.84. The number of aliphatic hydroxyl groups is 3. The fraction of sp³-hybridized carbons (Fsp3) is 0.312. The van der Waals surface area contributed by atoms with E-state index in [1.165, 1.54) is 0 Å². The minimum Gasteiger partial charge on any atom is -0.479 e. The second-order valence-corrected chi connectivity index (χ2v) is 6.42. The van der Waals surface area contributed by atoms with Crippen LogP contribution in [-0.2, 0) is 9.53 Å². The van der Waals surface area contributed by atoms with Crippen molar-refractivity contribution < 1.29 is 34.7 Å². The molecule has 0 radical (unpaired) electrons. The molecule has 4 N–H and O–H groups in total. The fourth-order valence-corrected chi connectivity index (χ4v) is 2.93. The summed E-state index contributed by atoms with van der Waals surface area (Å²) in [5.74, 6) is -1.12. The molecule has 1 heterocycles. The molecule has 8 heteroatoms. The van der Waals surface area contributed by atoms with Crippen LogP contribution in [0.25, 0.3) is 10.8 Å². The average Bonchev–Trinajstić information content (AvgIpc) is 2.55. The summed E-state index contributed by atoms with van der Waals surface area (Å²) >= 11 is 3.38. The van der Waals surface area contributed by atoms with Gasteiger partial charge in [-0.1, -0.05) is 28.1 Å². The normalized spacial score (nSPS) is 30.2. The molecule has 1 aliphatic rings. The van der Waals surface area contributed by atoms with Crippen LogP contribution in [-0.4, -0.2) is 57.1 Å². The number of fused-ring (bicyclic) bond motifs is 1. The van der Waals surface area contributed by atoms with Crippen molar-refractivity contribution in [2.24, 2.45) is 0 Å². The monoisotopic (exact) mass is 398 g/mol. The van der Waals surface area contributed by atoms with Crippen LogP contribution in [0, 0.1) is 0 Å². The molecule has 7 nitrogen and oxygen atoms in total. The van der Waals surface area contributed by atoms with E-state index in [0.29, 0.717) is 5.75 Å². The lowest BCUT2D eigenvalue weighted by Gasteiger charge is -2.38. The molecule has 0 saturated carbocycles. The molecule has 3 rings (SSSR count). The molecule has 128 valence electrons. The third kappa shape index (κ3) is 3.24. The minimum absolute atomic E-state index is 0.335. The third-order valence-corrected chi connectivity index (χ3v) is 4.33. The van der Waals surface area contributed by atoms with E-state index in [2.05, 4.69) is 15.9 Å². The zero-order valence-electron chi connectivity index (χ0n) is 12.2. The van der Waals surface area contributed by atoms with Crippen LogP contribution in [0.1, 0.15) is 0 Å². The Morgan fingerprint density at radius 3 is 2.38 bits per heavy atom. The van der Waals surface area contributed by atoms with Crippen molar-refractivity contribution in [3.8, 4) is 5.75 Å². The van der Waals surface area contributed by atoms with E-state index < -0.39 is 36.7 Å². The van der Waals surface area contributed by atoms with Crippen molar-refractivity contribution in [2.75, 3.05) is 0 Å². The molecule has 24 heavy (non-hydrogen) atoms. The first-order valence-electron chi connectivity index (χ1n) is 7.15. The van der Waals surface area contributed by atoms with E-state index in [0.717, 1.165) is 15.2 Å². The Hall–Kier alpha value is -1.71. The zero-order chi connectivity index (χ0) is 17.4. The van der Waals surface area contributed by atoms with Gasteiger partial charge in [-0.05, 0) is 35.0 Å². The summed E-state index contributed by atoms with van der Waals surface area (Å²) in [6.07, 6.45) is -8.13. The zero-order valence-corrected chi connectivity index (χ0v) is 13.8. The van der Waals surface area contributed by atoms with Gasteiger partial charge in [0.05, 0.1) is 0 Å². The second kappa shape index (κ2) is 6.66. The molecule has 0 unspecified atom stereocenters. The molecule has 1 fully saturated rings. The van der Waals surface area contributed by atoms with E-state index in [4.69, 9.17) is 14.6 Å². The van der Waals surface area contributed by atoms with E-state index in [1.807, 2.05) is 18.2 Å². The first-order chi connectivity index (χ1) is 11.4. The SMILES string of the molecule is O=C(O)[C@H]1O[C@@H](Oc2ccc3cc(Br)ccc3c2)[C@H](O)[C@H](O)[C@@H]1O. The number of hydrogen-bond donors (Lipinski definition) is 4. The molecule has 2 aromatic carbocycles. The highest BCUT2D eigenvalue weighted by Crippen LogP contribution is 2.28. The summed E-state index contributed by atoms with van der Waals surface area (Å²) in [7, 11) is 0. The Kier molecular flexibility index (Phi) is 4.75. The van der Waals surface area contributed by atoms with Crippen LogP contribution in [0.2, 0.25) is 0 Å². The Morgan fingerprint density at radius 2 is 1.67 bits per heavy atom. The van der Waals surface area contributed by atoms with Crippen molar-refractivity contribution >= 4 is 32.7 Å². The number of hydrogen-bond acceptors (Lipinski definition) is 6. The van der Waals surface area contributed by atoms with Gasteiger partial charge in [0.2, 0.25) is 6.29 Å². The van der Waals surface area contributed by atoms with Gasteiger partial charge in [-0.15, -0.1) is 0 Å². The van der Waals surface area contributed by atoms with Crippen molar-refractivity contribution in [1.82, 2.24) is 0 Å². The molecule has 1 saturated heterocycles. The lowest BCUT2D eigenvalue weighted by Crippen LogP contribution is -2.61. The van der Waals surface area contributed by atoms with Crippen molar-refractivity contribution in [3.05, 3.63) is 40.9 Å². The predicted octanol–water partition coefficient (Wildman–Crippen LogP) is 0.873. The standard InChI is InChI=1S/C16H15BrO7/c17-9-3-1-8-6-10(4-2-7(8)5-9)23-16-13(20)11(18)12(19)14(24-16)15(21)22/h1-6,11-14,16,18-20H,(H,21,22)/t11-,12+,13-,14+,16-/m1/s1. The number of carbonyl (C=O) groups is 1. The summed E-state index contributed by atoms with van der Waals surface area (Å²) < 4.78 is 11.5. The van der Waals surface area contributed by atoms with E-state index in [1.54, 1.807) is 18.2 Å². The van der Waals surface area contributed by atoms with Gasteiger partial charge < -0.3 is 29.9 Å². The number of aliphatic carboxylic acids is 1. The van der Waals surface area contributed by atoms with Crippen LogP contribution in [0.15, 0.2) is 40.9 Å². The second-order valence-electron chi connectivity index (χ2n) is 5.51. The minimum atomic E-state index is -1.74. The van der Waals surface area contributed by atoms with Gasteiger partial charge in [-0.2, -0.15) is 0 Å². The van der Waals surface area contributed by atoms with Gasteiger partial charge in [0.25, 0.3) is 0 Å². The summed E-state index contributed by atoms with van der Waals surface area (Å²) in [4.78, 5) is 11.1. The number of benzene rings is 2. The maximum atomic E-state index is 11.1. The molecule has 1 aliphatic heterocycles. The smallest absolute Gasteiger partial charge is 0.335 e. The highest BCUT2D eigenvalue weighted by molar-refractivity contribution is 9.10. The van der Waals surface area contributed by atoms with Gasteiger partial charge >= 0.3 is 5.97 Å². The molecule has 2 aromatic rings. The number of halogens is 1. The fourth-order valence-electron chi connectivity index (χ4n) is 2.55. The van der Waals surface area contributed by atoms with Gasteiger partial charge in [0.1, 0.15) is 24.1 Å². The molecular weight excluding hydrogens is 384 g/mol. The maximum absolute atomic E-state index is 11.1. The molecule has 0 amide bonds. The number of carboxylic acid groups (broad SMARTS) is 1. The van der Waals surface area contributed by atoms with Crippen LogP contribution in [0.5, 0.6) is 5.75 Å². The lowest BCUT2D eigenvalue weighted by atomic mass is 9.99. The van der Waals surface area contributed by atoms with Gasteiger partial charge in [-0.3, -0.25) is 0 Å². The van der Waals surface area contributed by atoms with Crippen LogP contribution < -0.4 is 4.74 Å². The van der Waals surface area contributed by atoms with Gasteiger partial charge in [0, 0.05) is 4.47 Å². The number of carboxylic acids is 1. The average molecular weight is 399 g/mol. The Labute approximate surface area is 145 Å². The van der Waals surface area contributed by atoms with Crippen LogP contribution in [0.4, 0.5) is 0 Å². The number of ether oxygens (including phenoxy) is 2. The summed E-state index contributed by atoms with van der Waals surface area (Å²) in [5, 5.41) is 40.3. The first-order valence-corrected chi connectivity index (χ1v) is 7.94. The maximum Gasteiger partial charge on any atom is 0.335 e. The van der Waals surface area contributed by atoms with E-state index >= 15 is 0 Å². The Bertz CT molecular complexity index is 765. The quantitative estimate of drug-likeness (QED) is 0.605. The molecular formula is C16H15BrO7. The summed E-state index contributed by atoms with van der Waals surface area (Å²) in [6, 6.07) is 10.8. The molecule has 0 aromatic heterocycles. The van der Waals surface area contributed by atoms with Crippen molar-refractivity contribution in [1.29, 1.82) is 0 Å². The van der Waals surface area contributed by atoms with Crippen molar-refractivity contribution in [3.63, 3.8) is 0 Å². The molecule has 0 bridgehead atoms. The molecule has 5 atom stereocenters. The highest BCUT2D eigenvalue weighted by atomic mass is 79.9. The predicted molar refractivity (Wildman–Crippen MR) is 86.6 cm³/mol. The first kappa shape index (κ1) is 17.1. The van der Waals surface area contributed by atoms with Crippen molar-refractivity contribution in [2.45, 2.75) is 30.7 Å². The molecule has 0 spiro atoms. The topological polar surface area (TPSA) is 116 Å². The van der Waals surface area contributed by atoms with Gasteiger partial charge in [-0.25, -0.2) is 4.79 Å².